The van der Waals surface area contributed by atoms with E-state index in [1.807, 2.05) is 13.8 Å². The van der Waals surface area contributed by atoms with Crippen LogP contribution in [0.3, 0.4) is 0 Å². The van der Waals surface area contributed by atoms with Crippen LogP contribution >= 0.6 is 0 Å². The molecule has 0 fully saturated rings. The van der Waals surface area contributed by atoms with Crippen molar-refractivity contribution in [3.63, 3.8) is 0 Å². The Kier molecular flexibility index (Phi) is 7.19. The van der Waals surface area contributed by atoms with Gasteiger partial charge in [0.1, 0.15) is 11.8 Å². The van der Waals surface area contributed by atoms with Crippen molar-refractivity contribution in [3.8, 4) is 11.6 Å². The number of hydrogen-bond donors (Lipinski definition) is 1. The van der Waals surface area contributed by atoms with Gasteiger partial charge in [0.25, 0.3) is 5.91 Å². The van der Waals surface area contributed by atoms with Crippen molar-refractivity contribution in [2.75, 3.05) is 7.11 Å². The number of ether oxygens (including phenoxy) is 2. The van der Waals surface area contributed by atoms with E-state index < -0.39 is 29.7 Å². The van der Waals surface area contributed by atoms with Gasteiger partial charge in [-0.2, -0.15) is 13.2 Å². The zero-order valence-electron chi connectivity index (χ0n) is 16.1. The van der Waals surface area contributed by atoms with Crippen LogP contribution in [0.1, 0.15) is 36.2 Å². The highest BCUT2D eigenvalue weighted by Crippen LogP contribution is 2.30. The summed E-state index contributed by atoms with van der Waals surface area (Å²) in [6, 6.07) is 7.10. The molecule has 0 aliphatic heterocycles. The fraction of sp³-hybridized carbons (Fsp3) is 0.350. The predicted molar refractivity (Wildman–Crippen MR) is 98.5 cm³/mol. The molecule has 29 heavy (non-hydrogen) atoms. The number of pyridine rings is 1. The summed E-state index contributed by atoms with van der Waals surface area (Å²) >= 11 is 0. The summed E-state index contributed by atoms with van der Waals surface area (Å²) in [7, 11) is 1.26. The van der Waals surface area contributed by atoms with Crippen LogP contribution in [0.25, 0.3) is 0 Å². The topological polar surface area (TPSA) is 77.5 Å². The number of aromatic nitrogens is 1. The average molecular weight is 410 g/mol. The molecular formula is C20H21F3N2O4. The summed E-state index contributed by atoms with van der Waals surface area (Å²) in [6.45, 7) is 3.73. The fourth-order valence-electron chi connectivity index (χ4n) is 2.42. The number of esters is 1. The highest BCUT2D eigenvalue weighted by molar-refractivity contribution is 5.96. The molecule has 1 aromatic heterocycles. The fourth-order valence-corrected chi connectivity index (χ4v) is 2.42. The van der Waals surface area contributed by atoms with Gasteiger partial charge in [-0.25, -0.2) is 9.78 Å². The summed E-state index contributed by atoms with van der Waals surface area (Å²) in [6.07, 6.45) is -3.12. The largest absolute Gasteiger partial charge is 0.467 e. The van der Waals surface area contributed by atoms with Crippen molar-refractivity contribution < 1.29 is 32.2 Å². The minimum absolute atomic E-state index is 0.0160. The molecule has 0 radical (unpaired) electrons. The van der Waals surface area contributed by atoms with Gasteiger partial charge in [-0.3, -0.25) is 4.79 Å². The monoisotopic (exact) mass is 410 g/mol. The lowest BCUT2D eigenvalue weighted by atomic mass is 9.99. The maximum atomic E-state index is 12.6. The van der Waals surface area contributed by atoms with E-state index in [2.05, 4.69) is 10.3 Å². The standard InChI is InChI=1S/C20H21F3N2O4/c1-4-12(2)17(19(27)28-3)25-18(26)13-5-8-15(9-6-13)29-16-10-7-14(11-24-16)20(21,22)23/h5-12,17H,4H2,1-3H3,(H,25,26). The number of amides is 1. The second kappa shape index (κ2) is 9.40. The summed E-state index contributed by atoms with van der Waals surface area (Å²) in [5.74, 6) is -0.821. The number of rotatable bonds is 7. The molecule has 6 nitrogen and oxygen atoms in total. The molecule has 9 heteroatoms. The van der Waals surface area contributed by atoms with Crippen molar-refractivity contribution >= 4 is 11.9 Å². The normalized spacial score (nSPS) is 13.3. The van der Waals surface area contributed by atoms with Gasteiger partial charge < -0.3 is 14.8 Å². The van der Waals surface area contributed by atoms with Gasteiger partial charge in [0.15, 0.2) is 0 Å². The van der Waals surface area contributed by atoms with E-state index in [4.69, 9.17) is 9.47 Å². The summed E-state index contributed by atoms with van der Waals surface area (Å²) in [5, 5.41) is 2.65. The van der Waals surface area contributed by atoms with Crippen molar-refractivity contribution in [1.82, 2.24) is 10.3 Å². The first-order valence-corrected chi connectivity index (χ1v) is 8.85. The number of alkyl halides is 3. The SMILES string of the molecule is CCC(C)C(NC(=O)c1ccc(Oc2ccc(C(F)(F)F)cn2)cc1)C(=O)OC. The number of nitrogens with one attached hydrogen (secondary N) is 1. The van der Waals surface area contributed by atoms with Crippen LogP contribution in [0, 0.1) is 5.92 Å². The Balaban J connectivity index is 2.05. The van der Waals surface area contributed by atoms with Crippen LogP contribution in [0.15, 0.2) is 42.6 Å². The third kappa shape index (κ3) is 5.94. The number of halogens is 3. The maximum Gasteiger partial charge on any atom is 0.417 e. The van der Waals surface area contributed by atoms with Crippen LogP contribution in [0.2, 0.25) is 0 Å². The molecule has 0 saturated heterocycles. The number of carbonyl (C=O) groups is 2. The van der Waals surface area contributed by atoms with Crippen molar-refractivity contribution in [1.29, 1.82) is 0 Å². The Bertz CT molecular complexity index is 836. The Morgan fingerprint density at radius 3 is 2.28 bits per heavy atom. The predicted octanol–water partition coefficient (Wildman–Crippen LogP) is 4.21. The molecule has 1 heterocycles. The lowest BCUT2D eigenvalue weighted by molar-refractivity contribution is -0.144. The minimum Gasteiger partial charge on any atom is -0.467 e. The van der Waals surface area contributed by atoms with E-state index in [9.17, 15) is 22.8 Å². The molecule has 0 spiro atoms. The Morgan fingerprint density at radius 1 is 1.14 bits per heavy atom. The third-order valence-corrected chi connectivity index (χ3v) is 4.36. The minimum atomic E-state index is -4.47. The quantitative estimate of drug-likeness (QED) is 0.692. The molecule has 2 aromatic rings. The summed E-state index contributed by atoms with van der Waals surface area (Å²) in [5.41, 5.74) is -0.590. The molecule has 2 rings (SSSR count). The molecule has 0 aliphatic rings. The van der Waals surface area contributed by atoms with Crippen LogP contribution in [-0.4, -0.2) is 30.0 Å². The number of hydrogen-bond acceptors (Lipinski definition) is 5. The number of nitrogens with zero attached hydrogens (tertiary/aromatic N) is 1. The van der Waals surface area contributed by atoms with Gasteiger partial charge >= 0.3 is 12.1 Å². The maximum absolute atomic E-state index is 12.6. The van der Waals surface area contributed by atoms with E-state index in [1.54, 1.807) is 0 Å². The third-order valence-electron chi connectivity index (χ3n) is 4.36. The zero-order valence-corrected chi connectivity index (χ0v) is 16.1. The van der Waals surface area contributed by atoms with Gasteiger partial charge in [-0.1, -0.05) is 20.3 Å². The number of benzene rings is 1. The molecular weight excluding hydrogens is 389 g/mol. The van der Waals surface area contributed by atoms with Gasteiger partial charge in [0, 0.05) is 17.8 Å². The molecule has 0 aliphatic carbocycles. The molecule has 0 saturated carbocycles. The Morgan fingerprint density at radius 2 is 1.79 bits per heavy atom. The lowest BCUT2D eigenvalue weighted by Crippen LogP contribution is -2.45. The second-order valence-electron chi connectivity index (χ2n) is 6.37. The molecule has 0 bridgehead atoms. The van der Waals surface area contributed by atoms with Crippen LogP contribution in [0.4, 0.5) is 13.2 Å². The molecule has 1 aromatic carbocycles. The first-order chi connectivity index (χ1) is 13.7. The van der Waals surface area contributed by atoms with E-state index in [-0.39, 0.29) is 17.4 Å². The van der Waals surface area contributed by atoms with E-state index in [1.165, 1.54) is 31.4 Å². The Hall–Kier alpha value is -3.10. The highest BCUT2D eigenvalue weighted by atomic mass is 19.4. The van der Waals surface area contributed by atoms with E-state index in [0.717, 1.165) is 12.1 Å². The summed E-state index contributed by atoms with van der Waals surface area (Å²) < 4.78 is 47.8. The second-order valence-corrected chi connectivity index (χ2v) is 6.37. The molecule has 2 atom stereocenters. The van der Waals surface area contributed by atoms with Crippen molar-refractivity contribution in [3.05, 3.63) is 53.7 Å². The molecule has 1 N–H and O–H groups in total. The number of methoxy groups -OCH3 is 1. The first kappa shape index (κ1) is 22.2. The first-order valence-electron chi connectivity index (χ1n) is 8.85. The van der Waals surface area contributed by atoms with Crippen LogP contribution in [0.5, 0.6) is 11.6 Å². The number of carbonyl (C=O) groups excluding carboxylic acids is 2. The summed E-state index contributed by atoms with van der Waals surface area (Å²) in [4.78, 5) is 27.9. The molecule has 1 amide bonds. The van der Waals surface area contributed by atoms with Gasteiger partial charge in [0.05, 0.1) is 12.7 Å². The Labute approximate surface area is 166 Å². The van der Waals surface area contributed by atoms with Gasteiger partial charge in [0.2, 0.25) is 5.88 Å². The van der Waals surface area contributed by atoms with Gasteiger partial charge in [-0.05, 0) is 36.2 Å². The highest BCUT2D eigenvalue weighted by Gasteiger charge is 2.30. The lowest BCUT2D eigenvalue weighted by Gasteiger charge is -2.21. The zero-order chi connectivity index (χ0) is 21.6. The molecule has 156 valence electrons. The van der Waals surface area contributed by atoms with E-state index in [0.29, 0.717) is 18.4 Å². The van der Waals surface area contributed by atoms with Crippen molar-refractivity contribution in [2.45, 2.75) is 32.5 Å². The smallest absolute Gasteiger partial charge is 0.417 e. The van der Waals surface area contributed by atoms with E-state index >= 15 is 0 Å². The van der Waals surface area contributed by atoms with Crippen LogP contribution < -0.4 is 10.1 Å². The van der Waals surface area contributed by atoms with Crippen LogP contribution in [-0.2, 0) is 15.7 Å². The van der Waals surface area contributed by atoms with Gasteiger partial charge in [-0.15, -0.1) is 0 Å². The average Bonchev–Trinajstić information content (AvgIpc) is 2.71. The molecule has 2 unspecified atom stereocenters. The van der Waals surface area contributed by atoms with Crippen molar-refractivity contribution in [2.24, 2.45) is 5.92 Å².